The molecule has 2 aromatic rings. The van der Waals surface area contributed by atoms with Gasteiger partial charge in [-0.1, -0.05) is 12.1 Å². The maximum Gasteiger partial charge on any atom is 0.239 e. The first-order valence-corrected chi connectivity index (χ1v) is 8.65. The van der Waals surface area contributed by atoms with E-state index in [1.807, 2.05) is 30.5 Å². The van der Waals surface area contributed by atoms with E-state index in [1.54, 1.807) is 6.20 Å². The van der Waals surface area contributed by atoms with Gasteiger partial charge in [-0.25, -0.2) is 0 Å². The number of aromatic nitrogens is 1. The summed E-state index contributed by atoms with van der Waals surface area (Å²) in [6, 6.07) is 8.12. The molecule has 1 aliphatic carbocycles. The number of carbonyl (C=O) groups is 2. The van der Waals surface area contributed by atoms with E-state index >= 15 is 0 Å². The van der Waals surface area contributed by atoms with Crippen molar-refractivity contribution in [3.05, 3.63) is 36.7 Å². The molecule has 0 spiro atoms. The number of pyridine rings is 1. The Labute approximate surface area is 147 Å². The van der Waals surface area contributed by atoms with Gasteiger partial charge in [0.2, 0.25) is 11.8 Å². The highest BCUT2D eigenvalue weighted by Gasteiger charge is 2.24. The number of nitrogens with one attached hydrogen (secondary N) is 2. The SMILES string of the molecule is CC(=O)NCC(=O)NC1CCC(Oc2cccc3cnccc23)CC1. The predicted octanol–water partition coefficient (Wildman–Crippen LogP) is 2.18. The Morgan fingerprint density at radius 3 is 2.76 bits per heavy atom. The Balaban J connectivity index is 1.51. The van der Waals surface area contributed by atoms with Crippen molar-refractivity contribution in [2.75, 3.05) is 6.54 Å². The largest absolute Gasteiger partial charge is 0.490 e. The molecule has 6 nitrogen and oxygen atoms in total. The summed E-state index contributed by atoms with van der Waals surface area (Å²) >= 11 is 0. The highest BCUT2D eigenvalue weighted by atomic mass is 16.5. The monoisotopic (exact) mass is 341 g/mol. The third-order valence-electron chi connectivity index (χ3n) is 4.47. The molecular formula is C19H23N3O3. The van der Waals surface area contributed by atoms with Crippen LogP contribution in [0.1, 0.15) is 32.6 Å². The Morgan fingerprint density at radius 1 is 1.20 bits per heavy atom. The average Bonchev–Trinajstić information content (AvgIpc) is 2.62. The molecule has 1 saturated carbocycles. The van der Waals surface area contributed by atoms with Crippen molar-refractivity contribution < 1.29 is 14.3 Å². The second-order valence-corrected chi connectivity index (χ2v) is 6.42. The van der Waals surface area contributed by atoms with Gasteiger partial charge in [-0.05, 0) is 37.8 Å². The molecule has 2 N–H and O–H groups in total. The Kier molecular flexibility index (Phi) is 5.48. The molecule has 0 radical (unpaired) electrons. The number of amides is 2. The summed E-state index contributed by atoms with van der Waals surface area (Å²) in [6.07, 6.45) is 7.31. The molecule has 1 aromatic carbocycles. The van der Waals surface area contributed by atoms with Crippen molar-refractivity contribution in [1.29, 1.82) is 0 Å². The molecule has 0 bridgehead atoms. The zero-order valence-electron chi connectivity index (χ0n) is 14.3. The highest BCUT2D eigenvalue weighted by molar-refractivity contribution is 5.87. The van der Waals surface area contributed by atoms with Gasteiger partial charge in [-0.2, -0.15) is 0 Å². The summed E-state index contributed by atoms with van der Waals surface area (Å²) in [5.74, 6) is 0.553. The molecule has 0 aliphatic heterocycles. The number of ether oxygens (including phenoxy) is 1. The van der Waals surface area contributed by atoms with Gasteiger partial charge in [0.1, 0.15) is 5.75 Å². The fourth-order valence-corrected chi connectivity index (χ4v) is 3.18. The highest BCUT2D eigenvalue weighted by Crippen LogP contribution is 2.29. The van der Waals surface area contributed by atoms with E-state index in [4.69, 9.17) is 4.74 Å². The van der Waals surface area contributed by atoms with Crippen LogP contribution in [-0.2, 0) is 9.59 Å². The molecule has 3 rings (SSSR count). The molecule has 0 saturated heterocycles. The first kappa shape index (κ1) is 17.2. The number of rotatable bonds is 5. The van der Waals surface area contributed by atoms with Gasteiger partial charge in [0.15, 0.2) is 0 Å². The van der Waals surface area contributed by atoms with Crippen molar-refractivity contribution in [2.24, 2.45) is 0 Å². The Hall–Kier alpha value is -2.63. The van der Waals surface area contributed by atoms with Crippen LogP contribution in [0.5, 0.6) is 5.75 Å². The third-order valence-corrected chi connectivity index (χ3v) is 4.47. The molecule has 0 atom stereocenters. The minimum atomic E-state index is -0.197. The fourth-order valence-electron chi connectivity index (χ4n) is 3.18. The molecular weight excluding hydrogens is 318 g/mol. The second-order valence-electron chi connectivity index (χ2n) is 6.42. The van der Waals surface area contributed by atoms with E-state index in [9.17, 15) is 9.59 Å². The standard InChI is InChI=1S/C19H23N3O3/c1-13(23)21-12-19(24)22-15-5-7-16(8-6-15)25-18-4-2-3-14-11-20-10-9-17(14)18/h2-4,9-11,15-16H,5-8,12H2,1H3,(H,21,23)(H,22,24). The van der Waals surface area contributed by atoms with Crippen LogP contribution in [0.15, 0.2) is 36.7 Å². The smallest absolute Gasteiger partial charge is 0.239 e. The number of hydrogen-bond donors (Lipinski definition) is 2. The quantitative estimate of drug-likeness (QED) is 0.873. The van der Waals surface area contributed by atoms with Crippen LogP contribution in [0.3, 0.4) is 0 Å². The van der Waals surface area contributed by atoms with E-state index < -0.39 is 0 Å². The maximum atomic E-state index is 11.8. The van der Waals surface area contributed by atoms with Gasteiger partial charge in [-0.3, -0.25) is 14.6 Å². The molecule has 25 heavy (non-hydrogen) atoms. The maximum absolute atomic E-state index is 11.8. The third kappa shape index (κ3) is 4.68. The summed E-state index contributed by atoms with van der Waals surface area (Å²) in [7, 11) is 0. The lowest BCUT2D eigenvalue weighted by atomic mass is 9.93. The van der Waals surface area contributed by atoms with Gasteiger partial charge in [0.05, 0.1) is 12.6 Å². The molecule has 132 valence electrons. The average molecular weight is 341 g/mol. The second kappa shape index (κ2) is 7.96. The molecule has 1 fully saturated rings. The molecule has 0 unspecified atom stereocenters. The Morgan fingerprint density at radius 2 is 2.00 bits per heavy atom. The van der Waals surface area contributed by atoms with Crippen LogP contribution in [0.2, 0.25) is 0 Å². The zero-order valence-corrected chi connectivity index (χ0v) is 14.3. The first-order chi connectivity index (χ1) is 12.1. The minimum absolute atomic E-state index is 0.0375. The molecule has 1 heterocycles. The number of hydrogen-bond acceptors (Lipinski definition) is 4. The minimum Gasteiger partial charge on any atom is -0.490 e. The van der Waals surface area contributed by atoms with Crippen LogP contribution >= 0.6 is 0 Å². The number of fused-ring (bicyclic) bond motifs is 1. The van der Waals surface area contributed by atoms with Crippen LogP contribution in [0.25, 0.3) is 10.8 Å². The molecule has 2 amide bonds. The van der Waals surface area contributed by atoms with Gasteiger partial charge in [0.25, 0.3) is 0 Å². The lowest BCUT2D eigenvalue weighted by Gasteiger charge is -2.29. The summed E-state index contributed by atoms with van der Waals surface area (Å²) < 4.78 is 6.20. The van der Waals surface area contributed by atoms with Crippen molar-refractivity contribution >= 4 is 22.6 Å². The molecule has 6 heteroatoms. The number of carbonyl (C=O) groups excluding carboxylic acids is 2. The molecule has 1 aliphatic rings. The van der Waals surface area contributed by atoms with E-state index in [0.717, 1.165) is 42.2 Å². The van der Waals surface area contributed by atoms with Crippen LogP contribution < -0.4 is 15.4 Å². The fraction of sp³-hybridized carbons (Fsp3) is 0.421. The van der Waals surface area contributed by atoms with E-state index in [2.05, 4.69) is 15.6 Å². The van der Waals surface area contributed by atoms with Crippen molar-refractivity contribution in [1.82, 2.24) is 15.6 Å². The number of nitrogens with zero attached hydrogens (tertiary/aromatic N) is 1. The lowest BCUT2D eigenvalue weighted by Crippen LogP contribution is -2.44. The Bertz CT molecular complexity index is 749. The summed E-state index contributed by atoms with van der Waals surface area (Å²) in [5.41, 5.74) is 0. The van der Waals surface area contributed by atoms with E-state index in [0.29, 0.717) is 0 Å². The van der Waals surface area contributed by atoms with Gasteiger partial charge in [0, 0.05) is 36.1 Å². The van der Waals surface area contributed by atoms with Crippen LogP contribution in [0.4, 0.5) is 0 Å². The van der Waals surface area contributed by atoms with Crippen molar-refractivity contribution in [2.45, 2.75) is 44.8 Å². The summed E-state index contributed by atoms with van der Waals surface area (Å²) in [6.45, 7) is 1.44. The van der Waals surface area contributed by atoms with Gasteiger partial charge < -0.3 is 15.4 Å². The lowest BCUT2D eigenvalue weighted by molar-refractivity contribution is -0.125. The topological polar surface area (TPSA) is 80.3 Å². The van der Waals surface area contributed by atoms with Gasteiger partial charge in [-0.15, -0.1) is 0 Å². The van der Waals surface area contributed by atoms with Crippen molar-refractivity contribution in [3.63, 3.8) is 0 Å². The number of benzene rings is 1. The van der Waals surface area contributed by atoms with E-state index in [1.165, 1.54) is 6.92 Å². The van der Waals surface area contributed by atoms with Gasteiger partial charge >= 0.3 is 0 Å². The van der Waals surface area contributed by atoms with Crippen LogP contribution in [-0.4, -0.2) is 35.5 Å². The van der Waals surface area contributed by atoms with Crippen molar-refractivity contribution in [3.8, 4) is 5.75 Å². The van der Waals surface area contributed by atoms with Crippen LogP contribution in [0, 0.1) is 0 Å². The zero-order chi connectivity index (χ0) is 17.6. The predicted molar refractivity (Wildman–Crippen MR) is 95.2 cm³/mol. The summed E-state index contributed by atoms with van der Waals surface area (Å²) in [4.78, 5) is 26.8. The summed E-state index contributed by atoms with van der Waals surface area (Å²) in [5, 5.41) is 7.62. The first-order valence-electron chi connectivity index (χ1n) is 8.65. The van der Waals surface area contributed by atoms with E-state index in [-0.39, 0.29) is 30.5 Å². The molecule has 1 aromatic heterocycles. The normalized spacial score (nSPS) is 20.0.